The Balaban J connectivity index is 1.45. The number of hydrogen-bond donors (Lipinski definition) is 2. The zero-order valence-electron chi connectivity index (χ0n) is 16.8. The van der Waals surface area contributed by atoms with Gasteiger partial charge in [0.15, 0.2) is 0 Å². The summed E-state index contributed by atoms with van der Waals surface area (Å²) in [4.78, 5) is 29.2. The molecule has 0 aliphatic carbocycles. The summed E-state index contributed by atoms with van der Waals surface area (Å²) in [6.45, 7) is 3.47. The molecule has 0 bridgehead atoms. The van der Waals surface area contributed by atoms with Crippen LogP contribution in [-0.4, -0.2) is 21.4 Å². The van der Waals surface area contributed by atoms with Gasteiger partial charge in [0, 0.05) is 18.5 Å². The van der Waals surface area contributed by atoms with Gasteiger partial charge in [-0.25, -0.2) is 4.98 Å². The Kier molecular flexibility index (Phi) is 5.34. The summed E-state index contributed by atoms with van der Waals surface area (Å²) >= 11 is 0. The second-order valence-electron chi connectivity index (χ2n) is 7.02. The molecule has 0 saturated heterocycles. The van der Waals surface area contributed by atoms with Crippen molar-refractivity contribution >= 4 is 22.8 Å². The molecule has 4 aromatic rings. The number of aryl methyl sites for hydroxylation is 3. The van der Waals surface area contributed by atoms with Gasteiger partial charge in [-0.15, -0.1) is 0 Å². The number of para-hydroxylation sites is 3. The van der Waals surface area contributed by atoms with Crippen LogP contribution in [0.25, 0.3) is 16.7 Å². The third-order valence-corrected chi connectivity index (χ3v) is 4.82. The smallest absolute Gasteiger partial charge is 0.273 e. The Morgan fingerprint density at radius 2 is 1.73 bits per heavy atom. The van der Waals surface area contributed by atoms with Gasteiger partial charge in [-0.3, -0.25) is 25.0 Å². The highest BCUT2D eigenvalue weighted by Gasteiger charge is 2.16. The predicted octanol–water partition coefficient (Wildman–Crippen LogP) is 3.63. The lowest BCUT2D eigenvalue weighted by molar-refractivity contribution is -0.121. The monoisotopic (exact) mass is 402 g/mol. The number of hydrogen-bond acceptors (Lipinski definition) is 4. The van der Waals surface area contributed by atoms with Crippen LogP contribution in [0, 0.1) is 13.8 Å². The van der Waals surface area contributed by atoms with E-state index in [2.05, 4.69) is 15.4 Å². The van der Waals surface area contributed by atoms with Crippen molar-refractivity contribution in [1.82, 2.24) is 20.4 Å². The Bertz CT molecular complexity index is 1210. The molecule has 152 valence electrons. The van der Waals surface area contributed by atoms with Crippen molar-refractivity contribution in [1.29, 1.82) is 0 Å². The Hall–Kier alpha value is -3.87. The van der Waals surface area contributed by atoms with E-state index in [1.165, 1.54) is 0 Å². The molecule has 0 unspecified atom stereocenters. The van der Waals surface area contributed by atoms with Crippen molar-refractivity contribution in [2.75, 3.05) is 0 Å². The maximum Gasteiger partial charge on any atom is 0.273 e. The van der Waals surface area contributed by atoms with Crippen LogP contribution in [0.4, 0.5) is 0 Å². The Labute approximate surface area is 173 Å². The molecule has 7 heteroatoms. The summed E-state index contributed by atoms with van der Waals surface area (Å²) in [6.07, 6.45) is 0.606. The highest BCUT2D eigenvalue weighted by molar-refractivity contribution is 5.96. The first-order chi connectivity index (χ1) is 14.5. The highest BCUT2D eigenvalue weighted by atomic mass is 16.3. The number of furan rings is 1. The fourth-order valence-electron chi connectivity index (χ4n) is 3.45. The SMILES string of the molecule is Cc1cc(C(=O)NNC(=O)CCc2nc3ccccc3n2-c2ccccc2)c(C)o1. The van der Waals surface area contributed by atoms with Crippen molar-refractivity contribution < 1.29 is 14.0 Å². The number of fused-ring (bicyclic) bond motifs is 1. The molecule has 0 aliphatic heterocycles. The molecule has 30 heavy (non-hydrogen) atoms. The van der Waals surface area contributed by atoms with Gasteiger partial charge in [-0.2, -0.15) is 0 Å². The van der Waals surface area contributed by atoms with E-state index in [9.17, 15) is 9.59 Å². The second kappa shape index (κ2) is 8.24. The molecular weight excluding hydrogens is 380 g/mol. The van der Waals surface area contributed by atoms with Gasteiger partial charge in [0.05, 0.1) is 16.6 Å². The summed E-state index contributed by atoms with van der Waals surface area (Å²) in [5, 5.41) is 0. The van der Waals surface area contributed by atoms with Gasteiger partial charge < -0.3 is 4.42 Å². The highest BCUT2D eigenvalue weighted by Crippen LogP contribution is 2.22. The van der Waals surface area contributed by atoms with Crippen LogP contribution in [0.2, 0.25) is 0 Å². The van der Waals surface area contributed by atoms with Gasteiger partial charge in [-0.05, 0) is 44.2 Å². The van der Waals surface area contributed by atoms with E-state index in [1.54, 1.807) is 19.9 Å². The molecule has 2 aromatic carbocycles. The van der Waals surface area contributed by atoms with E-state index in [-0.39, 0.29) is 12.3 Å². The number of hydrazine groups is 1. The first-order valence-corrected chi connectivity index (χ1v) is 9.71. The average molecular weight is 402 g/mol. The van der Waals surface area contributed by atoms with Gasteiger partial charge in [0.25, 0.3) is 5.91 Å². The maximum absolute atomic E-state index is 12.3. The lowest BCUT2D eigenvalue weighted by Gasteiger charge is -2.10. The third-order valence-electron chi connectivity index (χ3n) is 4.82. The quantitative estimate of drug-likeness (QED) is 0.499. The molecule has 2 amide bonds. The van der Waals surface area contributed by atoms with Crippen LogP contribution >= 0.6 is 0 Å². The minimum Gasteiger partial charge on any atom is -0.466 e. The van der Waals surface area contributed by atoms with Crippen LogP contribution in [0.5, 0.6) is 0 Å². The molecule has 0 saturated carbocycles. The fraction of sp³-hybridized carbons (Fsp3) is 0.174. The summed E-state index contributed by atoms with van der Waals surface area (Å²) in [5.74, 6) is 1.23. The van der Waals surface area contributed by atoms with Gasteiger partial charge in [0.1, 0.15) is 17.3 Å². The second-order valence-corrected chi connectivity index (χ2v) is 7.02. The zero-order valence-corrected chi connectivity index (χ0v) is 16.8. The molecular formula is C23H22N4O3. The van der Waals surface area contributed by atoms with Crippen molar-refractivity contribution in [3.63, 3.8) is 0 Å². The molecule has 4 rings (SSSR count). The van der Waals surface area contributed by atoms with Crippen LogP contribution < -0.4 is 10.9 Å². The number of carbonyl (C=O) groups is 2. The molecule has 0 atom stereocenters. The number of aromatic nitrogens is 2. The maximum atomic E-state index is 12.3. The minimum absolute atomic E-state index is 0.180. The van der Waals surface area contributed by atoms with E-state index in [4.69, 9.17) is 9.40 Å². The standard InChI is InChI=1S/C23H22N4O3/c1-15-14-18(16(2)30-15)23(29)26-25-22(28)13-12-21-24-19-10-6-7-11-20(19)27(21)17-8-4-3-5-9-17/h3-11,14H,12-13H2,1-2H3,(H,25,28)(H,26,29). The third kappa shape index (κ3) is 3.96. The molecule has 2 N–H and O–H groups in total. The number of nitrogens with one attached hydrogen (secondary N) is 2. The first kappa shape index (κ1) is 19.4. The van der Waals surface area contributed by atoms with Crippen molar-refractivity contribution in [2.24, 2.45) is 0 Å². The van der Waals surface area contributed by atoms with Gasteiger partial charge in [0.2, 0.25) is 5.91 Å². The molecule has 2 aromatic heterocycles. The molecule has 2 heterocycles. The molecule has 0 spiro atoms. The van der Waals surface area contributed by atoms with E-state index in [0.717, 1.165) is 22.5 Å². The predicted molar refractivity (Wildman–Crippen MR) is 113 cm³/mol. The Morgan fingerprint density at radius 3 is 2.47 bits per heavy atom. The number of benzene rings is 2. The van der Waals surface area contributed by atoms with Crippen LogP contribution in [0.1, 0.15) is 34.1 Å². The summed E-state index contributed by atoms with van der Waals surface area (Å²) in [5.41, 5.74) is 8.14. The average Bonchev–Trinajstić information content (AvgIpc) is 3.30. The van der Waals surface area contributed by atoms with E-state index >= 15 is 0 Å². The molecule has 0 radical (unpaired) electrons. The van der Waals surface area contributed by atoms with Crippen LogP contribution in [0.3, 0.4) is 0 Å². The number of nitrogens with zero attached hydrogens (tertiary/aromatic N) is 2. The van der Waals surface area contributed by atoms with Crippen LogP contribution in [0.15, 0.2) is 65.1 Å². The number of imidazole rings is 1. The van der Waals surface area contributed by atoms with Crippen LogP contribution in [-0.2, 0) is 11.2 Å². The lowest BCUT2D eigenvalue weighted by Crippen LogP contribution is -2.41. The van der Waals surface area contributed by atoms with E-state index < -0.39 is 5.91 Å². The van der Waals surface area contributed by atoms with E-state index in [0.29, 0.717) is 23.5 Å². The summed E-state index contributed by atoms with van der Waals surface area (Å²) in [6, 6.07) is 19.4. The normalized spacial score (nSPS) is 10.9. The largest absolute Gasteiger partial charge is 0.466 e. The molecule has 0 fully saturated rings. The summed E-state index contributed by atoms with van der Waals surface area (Å²) < 4.78 is 7.40. The minimum atomic E-state index is -0.408. The van der Waals surface area contributed by atoms with Crippen molar-refractivity contribution in [3.05, 3.63) is 83.6 Å². The number of carbonyl (C=O) groups excluding carboxylic acids is 2. The Morgan fingerprint density at radius 1 is 1.00 bits per heavy atom. The first-order valence-electron chi connectivity index (χ1n) is 9.71. The van der Waals surface area contributed by atoms with Gasteiger partial charge >= 0.3 is 0 Å². The van der Waals surface area contributed by atoms with Gasteiger partial charge in [-0.1, -0.05) is 30.3 Å². The van der Waals surface area contributed by atoms with E-state index in [1.807, 2.05) is 54.6 Å². The molecule has 0 aliphatic rings. The summed E-state index contributed by atoms with van der Waals surface area (Å²) in [7, 11) is 0. The number of amides is 2. The molecule has 7 nitrogen and oxygen atoms in total. The fourth-order valence-corrected chi connectivity index (χ4v) is 3.45. The number of rotatable bonds is 5. The topological polar surface area (TPSA) is 89.2 Å². The zero-order chi connectivity index (χ0) is 21.1. The van der Waals surface area contributed by atoms with Crippen molar-refractivity contribution in [2.45, 2.75) is 26.7 Å². The van der Waals surface area contributed by atoms with Crippen molar-refractivity contribution in [3.8, 4) is 5.69 Å². The lowest BCUT2D eigenvalue weighted by atomic mass is 10.2.